The highest BCUT2D eigenvalue weighted by Gasteiger charge is 2.19. The number of aliphatic hydroxyl groups is 1. The van der Waals surface area contributed by atoms with Gasteiger partial charge in [0.1, 0.15) is 17.7 Å². The third-order valence-electron chi connectivity index (χ3n) is 3.32. The molecular weight excluding hydrogens is 288 g/mol. The second-order valence-electron chi connectivity index (χ2n) is 5.09. The standard InChI is InChI=1S/C16H21ClN2O2/c1-3-8-19-9-7-18-16(19)11-15(20)12(2)21-14-6-4-5-13(17)10-14/h4-7,9-10,12,15,20H,3,8,11H2,1-2H3. The quantitative estimate of drug-likeness (QED) is 0.853. The van der Waals surface area contributed by atoms with E-state index in [9.17, 15) is 5.11 Å². The van der Waals surface area contributed by atoms with E-state index < -0.39 is 6.10 Å². The monoisotopic (exact) mass is 308 g/mol. The molecule has 1 heterocycles. The maximum atomic E-state index is 10.3. The molecule has 0 bridgehead atoms. The Morgan fingerprint density at radius 1 is 1.43 bits per heavy atom. The van der Waals surface area contributed by atoms with E-state index in [1.807, 2.05) is 25.3 Å². The molecule has 0 aliphatic heterocycles. The van der Waals surface area contributed by atoms with Crippen molar-refractivity contribution in [3.05, 3.63) is 47.5 Å². The molecule has 114 valence electrons. The molecular formula is C16H21ClN2O2. The summed E-state index contributed by atoms with van der Waals surface area (Å²) in [4.78, 5) is 4.30. The minimum Gasteiger partial charge on any atom is -0.488 e. The van der Waals surface area contributed by atoms with Gasteiger partial charge >= 0.3 is 0 Å². The molecule has 0 radical (unpaired) electrons. The maximum absolute atomic E-state index is 10.3. The van der Waals surface area contributed by atoms with E-state index >= 15 is 0 Å². The fourth-order valence-electron chi connectivity index (χ4n) is 2.16. The summed E-state index contributed by atoms with van der Waals surface area (Å²) in [6, 6.07) is 7.18. The first-order valence-corrected chi connectivity index (χ1v) is 7.58. The van der Waals surface area contributed by atoms with E-state index in [0.29, 0.717) is 17.2 Å². The Labute approximate surface area is 130 Å². The van der Waals surface area contributed by atoms with Crippen LogP contribution in [0.3, 0.4) is 0 Å². The van der Waals surface area contributed by atoms with Crippen LogP contribution in [0.25, 0.3) is 0 Å². The van der Waals surface area contributed by atoms with Gasteiger partial charge in [-0.25, -0.2) is 4.98 Å². The summed E-state index contributed by atoms with van der Waals surface area (Å²) in [5.74, 6) is 1.54. The molecule has 21 heavy (non-hydrogen) atoms. The average molecular weight is 309 g/mol. The van der Waals surface area contributed by atoms with E-state index in [-0.39, 0.29) is 6.10 Å². The van der Waals surface area contributed by atoms with Crippen LogP contribution in [0.2, 0.25) is 5.02 Å². The van der Waals surface area contributed by atoms with Crippen molar-refractivity contribution >= 4 is 11.6 Å². The van der Waals surface area contributed by atoms with Crippen molar-refractivity contribution in [1.82, 2.24) is 9.55 Å². The lowest BCUT2D eigenvalue weighted by Crippen LogP contribution is -2.31. The Morgan fingerprint density at radius 2 is 2.24 bits per heavy atom. The summed E-state index contributed by atoms with van der Waals surface area (Å²) < 4.78 is 7.80. The normalized spacial score (nSPS) is 13.9. The van der Waals surface area contributed by atoms with Gasteiger partial charge in [-0.15, -0.1) is 0 Å². The molecule has 1 N–H and O–H groups in total. The lowest BCUT2D eigenvalue weighted by molar-refractivity contribution is 0.0460. The summed E-state index contributed by atoms with van der Waals surface area (Å²) in [6.07, 6.45) is 4.24. The average Bonchev–Trinajstić information content (AvgIpc) is 2.86. The molecule has 0 saturated heterocycles. The molecule has 4 nitrogen and oxygen atoms in total. The molecule has 0 aliphatic rings. The number of aromatic nitrogens is 2. The largest absolute Gasteiger partial charge is 0.488 e. The predicted octanol–water partition coefficient (Wildman–Crippen LogP) is 3.32. The fraction of sp³-hybridized carbons (Fsp3) is 0.438. The number of hydrogen-bond donors (Lipinski definition) is 1. The first kappa shape index (κ1) is 15.9. The lowest BCUT2D eigenvalue weighted by Gasteiger charge is -2.21. The number of aryl methyl sites for hydroxylation is 1. The Kier molecular flexibility index (Phi) is 5.65. The summed E-state index contributed by atoms with van der Waals surface area (Å²) >= 11 is 5.92. The molecule has 0 saturated carbocycles. The van der Waals surface area contributed by atoms with Crippen LogP contribution in [0, 0.1) is 0 Å². The lowest BCUT2D eigenvalue weighted by atomic mass is 10.1. The van der Waals surface area contributed by atoms with Crippen molar-refractivity contribution in [2.24, 2.45) is 0 Å². The fourth-order valence-corrected chi connectivity index (χ4v) is 2.34. The SMILES string of the molecule is CCCn1ccnc1CC(O)C(C)Oc1cccc(Cl)c1. The van der Waals surface area contributed by atoms with Crippen LogP contribution in [0.15, 0.2) is 36.7 Å². The highest BCUT2D eigenvalue weighted by molar-refractivity contribution is 6.30. The molecule has 0 spiro atoms. The first-order valence-electron chi connectivity index (χ1n) is 7.20. The van der Waals surface area contributed by atoms with Crippen molar-refractivity contribution in [1.29, 1.82) is 0 Å². The molecule has 1 aromatic carbocycles. The van der Waals surface area contributed by atoms with Crippen molar-refractivity contribution in [2.45, 2.75) is 45.4 Å². The molecule has 2 rings (SSSR count). The number of rotatable bonds is 7. The van der Waals surface area contributed by atoms with E-state index in [1.54, 1.807) is 18.3 Å². The zero-order valence-electron chi connectivity index (χ0n) is 12.4. The van der Waals surface area contributed by atoms with Crippen LogP contribution in [0.1, 0.15) is 26.1 Å². The number of imidazole rings is 1. The van der Waals surface area contributed by atoms with Crippen LogP contribution >= 0.6 is 11.6 Å². The van der Waals surface area contributed by atoms with Crippen molar-refractivity contribution in [2.75, 3.05) is 0 Å². The number of benzene rings is 1. The van der Waals surface area contributed by atoms with Gasteiger partial charge in [-0.05, 0) is 31.5 Å². The topological polar surface area (TPSA) is 47.3 Å². The van der Waals surface area contributed by atoms with Gasteiger partial charge in [-0.2, -0.15) is 0 Å². The number of halogens is 1. The molecule has 0 fully saturated rings. The second kappa shape index (κ2) is 7.48. The highest BCUT2D eigenvalue weighted by Crippen LogP contribution is 2.19. The van der Waals surface area contributed by atoms with Crippen LogP contribution in [0.4, 0.5) is 0 Å². The molecule has 2 unspecified atom stereocenters. The molecule has 1 aromatic heterocycles. The molecule has 0 amide bonds. The maximum Gasteiger partial charge on any atom is 0.122 e. The molecule has 2 aromatic rings. The van der Waals surface area contributed by atoms with Crippen molar-refractivity contribution in [3.8, 4) is 5.75 Å². The Morgan fingerprint density at radius 3 is 2.95 bits per heavy atom. The van der Waals surface area contributed by atoms with Gasteiger partial charge in [0.15, 0.2) is 0 Å². The highest BCUT2D eigenvalue weighted by atomic mass is 35.5. The van der Waals surface area contributed by atoms with E-state index in [1.165, 1.54) is 0 Å². The number of hydrogen-bond acceptors (Lipinski definition) is 3. The predicted molar refractivity (Wildman–Crippen MR) is 83.8 cm³/mol. The second-order valence-corrected chi connectivity index (χ2v) is 5.53. The van der Waals surface area contributed by atoms with Gasteiger partial charge in [-0.3, -0.25) is 0 Å². The van der Waals surface area contributed by atoms with Gasteiger partial charge in [0.25, 0.3) is 0 Å². The van der Waals surface area contributed by atoms with E-state index in [0.717, 1.165) is 18.8 Å². The Bertz CT molecular complexity index is 571. The third-order valence-corrected chi connectivity index (χ3v) is 3.55. The van der Waals surface area contributed by atoms with Crippen LogP contribution in [-0.4, -0.2) is 26.9 Å². The third kappa shape index (κ3) is 4.48. The molecule has 2 atom stereocenters. The van der Waals surface area contributed by atoms with E-state index in [2.05, 4.69) is 16.5 Å². The number of aliphatic hydroxyl groups excluding tert-OH is 1. The van der Waals surface area contributed by atoms with Gasteiger partial charge in [0.2, 0.25) is 0 Å². The Hall–Kier alpha value is -1.52. The van der Waals surface area contributed by atoms with E-state index in [4.69, 9.17) is 16.3 Å². The number of nitrogens with zero attached hydrogens (tertiary/aromatic N) is 2. The van der Waals surface area contributed by atoms with Crippen LogP contribution < -0.4 is 4.74 Å². The van der Waals surface area contributed by atoms with Gasteiger partial charge in [-0.1, -0.05) is 24.6 Å². The number of ether oxygens (including phenoxy) is 1. The zero-order chi connectivity index (χ0) is 15.2. The van der Waals surface area contributed by atoms with Gasteiger partial charge in [0, 0.05) is 30.4 Å². The zero-order valence-corrected chi connectivity index (χ0v) is 13.1. The molecule has 5 heteroatoms. The molecule has 0 aliphatic carbocycles. The van der Waals surface area contributed by atoms with Crippen LogP contribution in [-0.2, 0) is 13.0 Å². The summed E-state index contributed by atoms with van der Waals surface area (Å²) in [7, 11) is 0. The van der Waals surface area contributed by atoms with Gasteiger partial charge < -0.3 is 14.4 Å². The minimum absolute atomic E-state index is 0.338. The summed E-state index contributed by atoms with van der Waals surface area (Å²) in [5, 5.41) is 10.9. The smallest absolute Gasteiger partial charge is 0.122 e. The Balaban J connectivity index is 1.96. The van der Waals surface area contributed by atoms with Crippen molar-refractivity contribution in [3.63, 3.8) is 0 Å². The first-order chi connectivity index (χ1) is 10.1. The van der Waals surface area contributed by atoms with Gasteiger partial charge in [0.05, 0.1) is 6.10 Å². The van der Waals surface area contributed by atoms with Crippen molar-refractivity contribution < 1.29 is 9.84 Å². The summed E-state index contributed by atoms with van der Waals surface area (Å²) in [5.41, 5.74) is 0. The summed E-state index contributed by atoms with van der Waals surface area (Å²) in [6.45, 7) is 4.87. The minimum atomic E-state index is -0.623. The van der Waals surface area contributed by atoms with Crippen LogP contribution in [0.5, 0.6) is 5.75 Å².